The average Bonchev–Trinajstić information content (AvgIpc) is 1.85. The number of aromatic nitrogens is 1. The van der Waals surface area contributed by atoms with Crippen LogP contribution < -0.4 is 0 Å². The molecule has 0 bridgehead atoms. The largest absolute Gasteiger partial charge is 0.493 e. The Balaban J connectivity index is 3.09. The molecule has 0 aromatic carbocycles. The van der Waals surface area contributed by atoms with Crippen molar-refractivity contribution in [2.45, 2.75) is 19.8 Å². The van der Waals surface area contributed by atoms with Crippen LogP contribution in [0.3, 0.4) is 0 Å². The summed E-state index contributed by atoms with van der Waals surface area (Å²) in [6.45, 7) is 3.98. The molecule has 0 aliphatic rings. The van der Waals surface area contributed by atoms with E-state index in [1.807, 2.05) is 13.8 Å². The lowest BCUT2D eigenvalue weighted by Crippen LogP contribution is -1.89. The van der Waals surface area contributed by atoms with Gasteiger partial charge in [-0.2, -0.15) is 0 Å². The number of halogens is 1. The van der Waals surface area contributed by atoms with Gasteiger partial charge in [-0.3, -0.25) is 0 Å². The predicted molar refractivity (Wildman–Crippen MR) is 45.0 cm³/mol. The standard InChI is InChI=1S/C8H10ClNO/c1-5(2)6-3-4-7(9)10-8(6)11/h3-5H,1-2H3,(H,10,11). The molecular formula is C8H10ClNO. The molecule has 0 aliphatic heterocycles. The lowest BCUT2D eigenvalue weighted by atomic mass is 10.1. The molecule has 2 nitrogen and oxygen atoms in total. The first-order valence-corrected chi connectivity index (χ1v) is 3.84. The smallest absolute Gasteiger partial charge is 0.215 e. The van der Waals surface area contributed by atoms with Crippen molar-refractivity contribution in [1.29, 1.82) is 0 Å². The molecule has 0 unspecified atom stereocenters. The van der Waals surface area contributed by atoms with Crippen molar-refractivity contribution >= 4 is 11.6 Å². The summed E-state index contributed by atoms with van der Waals surface area (Å²) in [6.07, 6.45) is 0. The first-order valence-electron chi connectivity index (χ1n) is 3.46. The number of rotatable bonds is 1. The number of pyridine rings is 1. The average molecular weight is 172 g/mol. The maximum atomic E-state index is 9.27. The van der Waals surface area contributed by atoms with Gasteiger partial charge < -0.3 is 5.11 Å². The van der Waals surface area contributed by atoms with Crippen LogP contribution in [-0.2, 0) is 0 Å². The lowest BCUT2D eigenvalue weighted by Gasteiger charge is -2.05. The summed E-state index contributed by atoms with van der Waals surface area (Å²) in [5.41, 5.74) is 0.828. The number of hydrogen-bond acceptors (Lipinski definition) is 2. The maximum absolute atomic E-state index is 9.27. The van der Waals surface area contributed by atoms with E-state index in [-0.39, 0.29) is 11.8 Å². The summed E-state index contributed by atoms with van der Waals surface area (Å²) < 4.78 is 0. The zero-order valence-electron chi connectivity index (χ0n) is 6.50. The van der Waals surface area contributed by atoms with Crippen LogP contribution in [0.5, 0.6) is 5.88 Å². The van der Waals surface area contributed by atoms with Gasteiger partial charge in [-0.25, -0.2) is 4.98 Å². The third-order valence-corrected chi connectivity index (χ3v) is 1.70. The molecule has 1 heterocycles. The molecule has 0 spiro atoms. The summed E-state index contributed by atoms with van der Waals surface area (Å²) in [4.78, 5) is 3.72. The Labute approximate surface area is 70.8 Å². The van der Waals surface area contributed by atoms with Crippen molar-refractivity contribution in [3.05, 3.63) is 22.8 Å². The van der Waals surface area contributed by atoms with Crippen LogP contribution >= 0.6 is 11.6 Å². The Morgan fingerprint density at radius 2 is 2.09 bits per heavy atom. The number of hydrogen-bond donors (Lipinski definition) is 1. The van der Waals surface area contributed by atoms with Gasteiger partial charge in [0.1, 0.15) is 5.15 Å². The van der Waals surface area contributed by atoms with E-state index in [0.717, 1.165) is 5.56 Å². The Bertz CT molecular complexity index is 260. The number of aromatic hydroxyl groups is 1. The molecule has 1 aromatic rings. The maximum Gasteiger partial charge on any atom is 0.215 e. The molecule has 0 fully saturated rings. The normalized spacial score (nSPS) is 10.5. The first kappa shape index (κ1) is 8.34. The highest BCUT2D eigenvalue weighted by Crippen LogP contribution is 2.24. The second-order valence-electron chi connectivity index (χ2n) is 2.70. The van der Waals surface area contributed by atoms with E-state index in [1.165, 1.54) is 0 Å². The van der Waals surface area contributed by atoms with Crippen LogP contribution in [0, 0.1) is 0 Å². The molecule has 0 radical (unpaired) electrons. The quantitative estimate of drug-likeness (QED) is 0.659. The topological polar surface area (TPSA) is 33.1 Å². The number of nitrogens with zero attached hydrogens (tertiary/aromatic N) is 1. The summed E-state index contributed by atoms with van der Waals surface area (Å²) in [7, 11) is 0. The molecule has 0 saturated heterocycles. The molecule has 3 heteroatoms. The molecule has 0 saturated carbocycles. The van der Waals surface area contributed by atoms with E-state index in [0.29, 0.717) is 5.15 Å². The molecule has 60 valence electrons. The van der Waals surface area contributed by atoms with Crippen molar-refractivity contribution < 1.29 is 5.11 Å². The van der Waals surface area contributed by atoms with Crippen molar-refractivity contribution in [3.63, 3.8) is 0 Å². The summed E-state index contributed by atoms with van der Waals surface area (Å²) in [6, 6.07) is 3.46. The SMILES string of the molecule is CC(C)c1ccc(Cl)nc1O. The highest BCUT2D eigenvalue weighted by Gasteiger charge is 2.06. The minimum Gasteiger partial charge on any atom is -0.493 e. The van der Waals surface area contributed by atoms with Crippen LogP contribution in [0.25, 0.3) is 0 Å². The first-order chi connectivity index (χ1) is 5.11. The van der Waals surface area contributed by atoms with Crippen LogP contribution in [-0.4, -0.2) is 10.1 Å². The Kier molecular flexibility index (Phi) is 2.35. The lowest BCUT2D eigenvalue weighted by molar-refractivity contribution is 0.443. The second kappa shape index (κ2) is 3.09. The highest BCUT2D eigenvalue weighted by atomic mass is 35.5. The molecular weight excluding hydrogens is 162 g/mol. The second-order valence-corrected chi connectivity index (χ2v) is 3.09. The van der Waals surface area contributed by atoms with Gasteiger partial charge in [0, 0.05) is 5.56 Å². The fourth-order valence-corrected chi connectivity index (χ4v) is 1.03. The van der Waals surface area contributed by atoms with Crippen LogP contribution in [0.4, 0.5) is 0 Å². The minimum absolute atomic E-state index is 0.0347. The van der Waals surface area contributed by atoms with Gasteiger partial charge in [0.25, 0.3) is 0 Å². The fraction of sp³-hybridized carbons (Fsp3) is 0.375. The summed E-state index contributed by atoms with van der Waals surface area (Å²) in [5, 5.41) is 9.59. The Morgan fingerprint density at radius 1 is 1.45 bits per heavy atom. The summed E-state index contributed by atoms with van der Waals surface area (Å²) >= 11 is 5.55. The van der Waals surface area contributed by atoms with Crippen LogP contribution in [0.1, 0.15) is 25.3 Å². The third-order valence-electron chi connectivity index (χ3n) is 1.49. The monoisotopic (exact) mass is 171 g/mol. The van der Waals surface area contributed by atoms with E-state index in [2.05, 4.69) is 4.98 Å². The van der Waals surface area contributed by atoms with E-state index in [4.69, 9.17) is 11.6 Å². The van der Waals surface area contributed by atoms with Gasteiger partial charge >= 0.3 is 0 Å². The van der Waals surface area contributed by atoms with Crippen LogP contribution in [0.15, 0.2) is 12.1 Å². The Hall–Kier alpha value is -0.760. The molecule has 0 atom stereocenters. The van der Waals surface area contributed by atoms with Crippen molar-refractivity contribution in [3.8, 4) is 5.88 Å². The van der Waals surface area contributed by atoms with Gasteiger partial charge in [-0.1, -0.05) is 31.5 Å². The molecule has 11 heavy (non-hydrogen) atoms. The van der Waals surface area contributed by atoms with E-state index in [9.17, 15) is 5.11 Å². The summed E-state index contributed by atoms with van der Waals surface area (Å²) in [5.74, 6) is 0.312. The van der Waals surface area contributed by atoms with Gasteiger partial charge in [0.2, 0.25) is 5.88 Å². The van der Waals surface area contributed by atoms with E-state index >= 15 is 0 Å². The molecule has 1 rings (SSSR count). The van der Waals surface area contributed by atoms with Crippen molar-refractivity contribution in [1.82, 2.24) is 4.98 Å². The zero-order valence-corrected chi connectivity index (χ0v) is 7.26. The fourth-order valence-electron chi connectivity index (χ4n) is 0.887. The van der Waals surface area contributed by atoms with Gasteiger partial charge in [-0.15, -0.1) is 0 Å². The van der Waals surface area contributed by atoms with Crippen molar-refractivity contribution in [2.75, 3.05) is 0 Å². The molecule has 0 amide bonds. The third kappa shape index (κ3) is 1.84. The zero-order chi connectivity index (χ0) is 8.43. The molecule has 1 aromatic heterocycles. The predicted octanol–water partition coefficient (Wildman–Crippen LogP) is 2.56. The van der Waals surface area contributed by atoms with E-state index in [1.54, 1.807) is 12.1 Å². The van der Waals surface area contributed by atoms with Crippen molar-refractivity contribution in [2.24, 2.45) is 0 Å². The van der Waals surface area contributed by atoms with Gasteiger partial charge in [0.15, 0.2) is 0 Å². The highest BCUT2D eigenvalue weighted by molar-refractivity contribution is 6.29. The van der Waals surface area contributed by atoms with Gasteiger partial charge in [-0.05, 0) is 12.0 Å². The van der Waals surface area contributed by atoms with Crippen LogP contribution in [0.2, 0.25) is 5.15 Å². The molecule has 0 aliphatic carbocycles. The Morgan fingerprint density at radius 3 is 2.55 bits per heavy atom. The van der Waals surface area contributed by atoms with Gasteiger partial charge in [0.05, 0.1) is 0 Å². The molecule has 1 N–H and O–H groups in total. The minimum atomic E-state index is 0.0347. The van der Waals surface area contributed by atoms with E-state index < -0.39 is 0 Å².